The summed E-state index contributed by atoms with van der Waals surface area (Å²) in [4.78, 5) is 18.7. The summed E-state index contributed by atoms with van der Waals surface area (Å²) >= 11 is 1.65. The van der Waals surface area contributed by atoms with Gasteiger partial charge in [-0.15, -0.1) is 11.3 Å². The minimum atomic E-state index is -0.0511. The molecule has 2 fully saturated rings. The molecule has 4 rings (SSSR count). The van der Waals surface area contributed by atoms with Crippen LogP contribution in [0.5, 0.6) is 5.75 Å². The van der Waals surface area contributed by atoms with Crippen molar-refractivity contribution in [1.82, 2.24) is 15.6 Å². The van der Waals surface area contributed by atoms with E-state index in [0.717, 1.165) is 33.3 Å². The molecule has 0 spiro atoms. The quantitative estimate of drug-likeness (QED) is 0.790. The second kappa shape index (κ2) is 8.21. The Morgan fingerprint density at radius 3 is 2.75 bits per heavy atom. The molecule has 4 unspecified atom stereocenters. The Morgan fingerprint density at radius 2 is 2.04 bits per heavy atom. The van der Waals surface area contributed by atoms with E-state index in [9.17, 15) is 4.79 Å². The summed E-state index contributed by atoms with van der Waals surface area (Å²) < 4.78 is 5.23. The number of fused-ring (bicyclic) bond motifs is 1. The summed E-state index contributed by atoms with van der Waals surface area (Å²) in [6.07, 6.45) is 6.04. The zero-order chi connectivity index (χ0) is 19.7. The van der Waals surface area contributed by atoms with Crippen LogP contribution in [0, 0.1) is 12.8 Å². The van der Waals surface area contributed by atoms with Gasteiger partial charge in [0.25, 0.3) is 0 Å². The predicted octanol–water partition coefficient (Wildman–Crippen LogP) is 4.23. The molecule has 5 nitrogen and oxygen atoms in total. The maximum atomic E-state index is 12.8. The van der Waals surface area contributed by atoms with Crippen molar-refractivity contribution in [1.29, 1.82) is 0 Å². The van der Waals surface area contributed by atoms with E-state index in [1.807, 2.05) is 31.2 Å². The van der Waals surface area contributed by atoms with Crippen molar-refractivity contribution >= 4 is 17.2 Å². The molecular weight excluding hydrogens is 370 g/mol. The molecule has 2 N–H and O–H groups in total. The monoisotopic (exact) mass is 399 g/mol. The minimum Gasteiger partial charge on any atom is -0.497 e. The summed E-state index contributed by atoms with van der Waals surface area (Å²) in [7, 11) is 1.67. The van der Waals surface area contributed by atoms with Crippen LogP contribution in [0.25, 0.3) is 10.6 Å². The van der Waals surface area contributed by atoms with Crippen molar-refractivity contribution in [2.75, 3.05) is 7.11 Å². The SMILES string of the molecule is COc1ccc(-c2nc(C)c(C(C)NC(=O)C3CC4CCCCC4N3)s2)cc1. The maximum absolute atomic E-state index is 12.8. The Morgan fingerprint density at radius 1 is 1.29 bits per heavy atom. The van der Waals surface area contributed by atoms with Gasteiger partial charge in [0.15, 0.2) is 0 Å². The molecule has 1 amide bonds. The molecule has 4 atom stereocenters. The summed E-state index contributed by atoms with van der Waals surface area (Å²) in [5, 5.41) is 7.76. The first kappa shape index (κ1) is 19.4. The highest BCUT2D eigenvalue weighted by atomic mass is 32.1. The molecule has 6 heteroatoms. The van der Waals surface area contributed by atoms with E-state index in [0.29, 0.717) is 12.0 Å². The van der Waals surface area contributed by atoms with Crippen LogP contribution in [0.3, 0.4) is 0 Å². The van der Waals surface area contributed by atoms with Crippen molar-refractivity contribution in [3.63, 3.8) is 0 Å². The van der Waals surface area contributed by atoms with Gasteiger partial charge in [0.2, 0.25) is 5.91 Å². The molecule has 0 bridgehead atoms. The smallest absolute Gasteiger partial charge is 0.237 e. The second-order valence-electron chi connectivity index (χ2n) is 8.03. The number of benzene rings is 1. The fourth-order valence-corrected chi connectivity index (χ4v) is 5.64. The van der Waals surface area contributed by atoms with E-state index in [-0.39, 0.29) is 18.0 Å². The van der Waals surface area contributed by atoms with Gasteiger partial charge in [-0.2, -0.15) is 0 Å². The highest BCUT2D eigenvalue weighted by Crippen LogP contribution is 2.35. The van der Waals surface area contributed by atoms with E-state index >= 15 is 0 Å². The number of nitrogens with one attached hydrogen (secondary N) is 2. The van der Waals surface area contributed by atoms with Crippen molar-refractivity contribution in [3.05, 3.63) is 34.8 Å². The molecular formula is C22H29N3O2S. The van der Waals surface area contributed by atoms with Crippen LogP contribution in [0.4, 0.5) is 0 Å². The van der Waals surface area contributed by atoms with Gasteiger partial charge in [0.1, 0.15) is 10.8 Å². The number of thiazole rings is 1. The average molecular weight is 400 g/mol. The largest absolute Gasteiger partial charge is 0.497 e. The molecule has 150 valence electrons. The molecule has 2 heterocycles. The highest BCUT2D eigenvalue weighted by Gasteiger charge is 2.38. The Kier molecular flexibility index (Phi) is 5.69. The van der Waals surface area contributed by atoms with Crippen molar-refractivity contribution in [3.8, 4) is 16.3 Å². The lowest BCUT2D eigenvalue weighted by atomic mass is 9.85. The molecule has 2 aliphatic rings. The van der Waals surface area contributed by atoms with Gasteiger partial charge in [0, 0.05) is 11.6 Å². The van der Waals surface area contributed by atoms with Gasteiger partial charge in [-0.1, -0.05) is 12.8 Å². The van der Waals surface area contributed by atoms with E-state index < -0.39 is 0 Å². The summed E-state index contributed by atoms with van der Waals surface area (Å²) in [5.74, 6) is 1.63. The number of nitrogens with zero attached hydrogens (tertiary/aromatic N) is 1. The Balaban J connectivity index is 1.42. The van der Waals surface area contributed by atoms with Crippen LogP contribution in [0.1, 0.15) is 55.6 Å². The number of carbonyl (C=O) groups is 1. The van der Waals surface area contributed by atoms with Crippen molar-refractivity contribution in [2.45, 2.75) is 64.1 Å². The van der Waals surface area contributed by atoms with E-state index in [1.54, 1.807) is 18.4 Å². The molecule has 1 aliphatic carbocycles. The van der Waals surface area contributed by atoms with Crippen LogP contribution >= 0.6 is 11.3 Å². The van der Waals surface area contributed by atoms with E-state index in [4.69, 9.17) is 9.72 Å². The first-order valence-electron chi connectivity index (χ1n) is 10.2. The average Bonchev–Trinajstić information content (AvgIpc) is 3.31. The predicted molar refractivity (Wildman–Crippen MR) is 113 cm³/mol. The number of ether oxygens (including phenoxy) is 1. The lowest BCUT2D eigenvalue weighted by Crippen LogP contribution is -2.43. The van der Waals surface area contributed by atoms with Gasteiger partial charge < -0.3 is 15.4 Å². The molecule has 1 saturated heterocycles. The molecule has 1 aromatic heterocycles. The molecule has 0 radical (unpaired) electrons. The topological polar surface area (TPSA) is 63.2 Å². The lowest BCUT2D eigenvalue weighted by Gasteiger charge is -2.24. The van der Waals surface area contributed by atoms with Crippen molar-refractivity contribution in [2.24, 2.45) is 5.92 Å². The second-order valence-corrected chi connectivity index (χ2v) is 9.06. The van der Waals surface area contributed by atoms with Crippen LogP contribution in [-0.4, -0.2) is 30.1 Å². The van der Waals surface area contributed by atoms with Gasteiger partial charge in [0.05, 0.1) is 29.8 Å². The van der Waals surface area contributed by atoms with Gasteiger partial charge in [-0.3, -0.25) is 4.79 Å². The third-order valence-corrected chi connectivity index (χ3v) is 7.49. The van der Waals surface area contributed by atoms with Crippen LogP contribution in [0.15, 0.2) is 24.3 Å². The minimum absolute atomic E-state index is 0.0403. The van der Waals surface area contributed by atoms with Crippen LogP contribution < -0.4 is 15.4 Å². The summed E-state index contributed by atoms with van der Waals surface area (Å²) in [6, 6.07) is 8.38. The Hall–Kier alpha value is -1.92. The molecule has 1 aliphatic heterocycles. The molecule has 2 aromatic rings. The molecule has 1 saturated carbocycles. The number of carbonyl (C=O) groups excluding carboxylic acids is 1. The number of hydrogen-bond acceptors (Lipinski definition) is 5. The first-order chi connectivity index (χ1) is 13.5. The van der Waals surface area contributed by atoms with Gasteiger partial charge >= 0.3 is 0 Å². The van der Waals surface area contributed by atoms with E-state index in [2.05, 4.69) is 17.6 Å². The standard InChI is InChI=1S/C22H29N3O2S/c1-13(23-21(26)19-12-16-6-4-5-7-18(16)25-19)20-14(2)24-22(28-20)15-8-10-17(27-3)11-9-15/h8-11,13,16,18-19,25H,4-7,12H2,1-3H3,(H,23,26). The fraction of sp³-hybridized carbons (Fsp3) is 0.545. The van der Waals surface area contributed by atoms with Crippen LogP contribution in [0.2, 0.25) is 0 Å². The van der Waals surface area contributed by atoms with Crippen molar-refractivity contribution < 1.29 is 9.53 Å². The normalized spacial score (nSPS) is 25.2. The summed E-state index contributed by atoms with van der Waals surface area (Å²) in [5.41, 5.74) is 2.05. The number of rotatable bonds is 5. The molecule has 1 aromatic carbocycles. The summed E-state index contributed by atoms with van der Waals surface area (Å²) in [6.45, 7) is 4.07. The Bertz CT molecular complexity index is 819. The first-order valence-corrected chi connectivity index (χ1v) is 11.0. The van der Waals surface area contributed by atoms with Gasteiger partial charge in [-0.05, 0) is 63.3 Å². The highest BCUT2D eigenvalue weighted by molar-refractivity contribution is 7.15. The Labute approximate surface area is 170 Å². The number of amides is 1. The fourth-order valence-electron chi connectivity index (χ4n) is 4.57. The van der Waals surface area contributed by atoms with Crippen LogP contribution in [-0.2, 0) is 4.79 Å². The van der Waals surface area contributed by atoms with E-state index in [1.165, 1.54) is 25.7 Å². The lowest BCUT2D eigenvalue weighted by molar-refractivity contribution is -0.123. The number of methoxy groups -OCH3 is 1. The zero-order valence-electron chi connectivity index (χ0n) is 16.8. The van der Waals surface area contributed by atoms with Gasteiger partial charge in [-0.25, -0.2) is 4.98 Å². The zero-order valence-corrected chi connectivity index (χ0v) is 17.6. The number of hydrogen-bond donors (Lipinski definition) is 2. The third-order valence-electron chi connectivity index (χ3n) is 6.10. The third kappa shape index (κ3) is 3.94. The maximum Gasteiger partial charge on any atom is 0.237 e. The number of aryl methyl sites for hydroxylation is 1. The molecule has 28 heavy (non-hydrogen) atoms. The number of aromatic nitrogens is 1.